The molecule has 2 aromatic rings. The van der Waals surface area contributed by atoms with Crippen molar-refractivity contribution in [3.8, 4) is 0 Å². The van der Waals surface area contributed by atoms with Crippen molar-refractivity contribution < 1.29 is 9.53 Å². The van der Waals surface area contributed by atoms with Crippen LogP contribution in [0.15, 0.2) is 24.5 Å². The summed E-state index contributed by atoms with van der Waals surface area (Å²) in [4.78, 5) is 24.6. The second kappa shape index (κ2) is 6.18. The fourth-order valence-electron chi connectivity index (χ4n) is 4.09. The summed E-state index contributed by atoms with van der Waals surface area (Å²) in [7, 11) is 2.14. The quantitative estimate of drug-likeness (QED) is 0.866. The summed E-state index contributed by atoms with van der Waals surface area (Å²) >= 11 is 0. The van der Waals surface area contributed by atoms with E-state index in [2.05, 4.69) is 21.9 Å². The summed E-state index contributed by atoms with van der Waals surface area (Å²) in [5.74, 6) is 0.109. The largest absolute Gasteiger partial charge is 0.379 e. The number of nitrogens with zero attached hydrogens (tertiary/aromatic N) is 3. The highest BCUT2D eigenvalue weighted by Crippen LogP contribution is 2.33. The number of carbonyl (C=O) groups is 1. The number of carbonyl (C=O) groups excluding carboxylic acids is 1. The van der Waals surface area contributed by atoms with E-state index in [1.54, 1.807) is 6.33 Å². The minimum Gasteiger partial charge on any atom is -0.379 e. The lowest BCUT2D eigenvalue weighted by Crippen LogP contribution is -2.51. The predicted molar refractivity (Wildman–Crippen MR) is 92.0 cm³/mol. The van der Waals surface area contributed by atoms with E-state index in [0.29, 0.717) is 0 Å². The van der Waals surface area contributed by atoms with Crippen molar-refractivity contribution >= 4 is 16.9 Å². The topological polar surface area (TPSA) is 61.5 Å². The molecule has 4 rings (SSSR count). The van der Waals surface area contributed by atoms with Crippen LogP contribution in [-0.4, -0.2) is 72.1 Å². The Kier molecular flexibility index (Phi) is 4.02. The molecule has 6 nitrogen and oxygen atoms in total. The second-order valence-corrected chi connectivity index (χ2v) is 7.26. The van der Waals surface area contributed by atoms with Gasteiger partial charge in [-0.15, -0.1) is 0 Å². The van der Waals surface area contributed by atoms with Crippen LogP contribution in [-0.2, 0) is 4.74 Å². The van der Waals surface area contributed by atoms with Gasteiger partial charge >= 0.3 is 0 Å². The van der Waals surface area contributed by atoms with Crippen molar-refractivity contribution in [1.82, 2.24) is 19.8 Å². The molecule has 2 saturated heterocycles. The molecule has 24 heavy (non-hydrogen) atoms. The molecule has 1 amide bonds. The molecule has 1 aromatic heterocycles. The van der Waals surface area contributed by atoms with Crippen molar-refractivity contribution in [3.63, 3.8) is 0 Å². The van der Waals surface area contributed by atoms with E-state index >= 15 is 0 Å². The lowest BCUT2D eigenvalue weighted by Gasteiger charge is -2.43. The molecular weight excluding hydrogens is 304 g/mol. The molecule has 1 spiro atoms. The van der Waals surface area contributed by atoms with Gasteiger partial charge in [-0.1, -0.05) is 0 Å². The van der Waals surface area contributed by atoms with Crippen molar-refractivity contribution in [2.75, 3.05) is 46.4 Å². The van der Waals surface area contributed by atoms with Gasteiger partial charge in [0.15, 0.2) is 0 Å². The molecule has 3 heterocycles. The number of piperidine rings is 1. The summed E-state index contributed by atoms with van der Waals surface area (Å²) in [5, 5.41) is 0. The molecule has 1 unspecified atom stereocenters. The summed E-state index contributed by atoms with van der Waals surface area (Å²) in [6.45, 7) is 5.09. The lowest BCUT2D eigenvalue weighted by atomic mass is 9.80. The number of likely N-dealkylation sites (N-methyl/N-ethyl adjacent to an activating group) is 1. The zero-order valence-corrected chi connectivity index (χ0v) is 14.1. The van der Waals surface area contributed by atoms with E-state index in [1.165, 1.54) is 0 Å². The number of aromatic nitrogens is 2. The van der Waals surface area contributed by atoms with Crippen molar-refractivity contribution in [2.45, 2.75) is 12.8 Å². The molecule has 2 aliphatic rings. The van der Waals surface area contributed by atoms with Gasteiger partial charge in [0, 0.05) is 37.2 Å². The zero-order chi connectivity index (χ0) is 16.6. The molecule has 6 heteroatoms. The van der Waals surface area contributed by atoms with Gasteiger partial charge in [-0.3, -0.25) is 4.79 Å². The Morgan fingerprint density at radius 2 is 2.25 bits per heavy atom. The highest BCUT2D eigenvalue weighted by atomic mass is 16.5. The molecule has 0 saturated carbocycles. The normalized spacial score (nSPS) is 26.0. The molecule has 0 radical (unpaired) electrons. The van der Waals surface area contributed by atoms with E-state index in [4.69, 9.17) is 4.74 Å². The molecule has 0 aliphatic carbocycles. The van der Waals surface area contributed by atoms with E-state index in [-0.39, 0.29) is 11.3 Å². The van der Waals surface area contributed by atoms with Crippen LogP contribution in [0.1, 0.15) is 23.2 Å². The van der Waals surface area contributed by atoms with E-state index in [0.717, 1.165) is 68.8 Å². The third kappa shape index (κ3) is 2.91. The molecule has 1 aromatic carbocycles. The predicted octanol–water partition coefficient (Wildman–Crippen LogP) is 1.75. The first-order valence-electron chi connectivity index (χ1n) is 8.64. The van der Waals surface area contributed by atoms with Crippen LogP contribution in [0.5, 0.6) is 0 Å². The summed E-state index contributed by atoms with van der Waals surface area (Å²) in [6, 6.07) is 5.69. The highest BCUT2D eigenvalue weighted by Gasteiger charge is 2.39. The summed E-state index contributed by atoms with van der Waals surface area (Å²) in [5.41, 5.74) is 2.59. The standard InChI is InChI=1S/C18H24N4O2/c1-21-7-8-24-12-18(10-21)5-2-6-22(11-18)17(23)14-3-4-15-16(9-14)20-13-19-15/h3-4,9,13H,2,5-8,10-12H2,1H3,(H,19,20). The van der Waals surface area contributed by atoms with Crippen LogP contribution in [0.2, 0.25) is 0 Å². The van der Waals surface area contributed by atoms with Crippen LogP contribution >= 0.6 is 0 Å². The number of H-pyrrole nitrogens is 1. The fraction of sp³-hybridized carbons (Fsp3) is 0.556. The van der Waals surface area contributed by atoms with E-state index < -0.39 is 0 Å². The van der Waals surface area contributed by atoms with Gasteiger partial charge in [0.2, 0.25) is 0 Å². The van der Waals surface area contributed by atoms with Crippen LogP contribution < -0.4 is 0 Å². The molecule has 128 valence electrons. The Hall–Kier alpha value is -1.92. The van der Waals surface area contributed by atoms with Crippen LogP contribution in [0, 0.1) is 5.41 Å². The average molecular weight is 328 g/mol. The van der Waals surface area contributed by atoms with Gasteiger partial charge in [0.1, 0.15) is 0 Å². The van der Waals surface area contributed by atoms with Gasteiger partial charge in [0.25, 0.3) is 5.91 Å². The first kappa shape index (κ1) is 15.6. The third-order valence-corrected chi connectivity index (χ3v) is 5.25. The Morgan fingerprint density at radius 1 is 1.33 bits per heavy atom. The average Bonchev–Trinajstić information content (AvgIpc) is 2.98. The maximum Gasteiger partial charge on any atom is 0.253 e. The number of nitrogens with one attached hydrogen (secondary N) is 1. The SMILES string of the molecule is CN1CCOCC2(CCCN(C(=O)c3ccc4nc[nH]c4c3)C2)C1. The molecule has 1 atom stereocenters. The number of likely N-dealkylation sites (tertiary alicyclic amines) is 1. The molecule has 1 N–H and O–H groups in total. The van der Waals surface area contributed by atoms with Crippen LogP contribution in [0.3, 0.4) is 0 Å². The van der Waals surface area contributed by atoms with Gasteiger partial charge in [-0.05, 0) is 38.1 Å². The Bertz CT molecular complexity index is 743. The van der Waals surface area contributed by atoms with E-state index in [1.807, 2.05) is 23.1 Å². The van der Waals surface area contributed by atoms with Gasteiger partial charge < -0.3 is 19.5 Å². The number of hydrogen-bond donors (Lipinski definition) is 1. The van der Waals surface area contributed by atoms with Gasteiger partial charge in [-0.2, -0.15) is 0 Å². The Balaban J connectivity index is 1.55. The van der Waals surface area contributed by atoms with Gasteiger partial charge in [0.05, 0.1) is 30.6 Å². The Morgan fingerprint density at radius 3 is 3.17 bits per heavy atom. The fourth-order valence-corrected chi connectivity index (χ4v) is 4.09. The van der Waals surface area contributed by atoms with Crippen molar-refractivity contribution in [2.24, 2.45) is 5.41 Å². The van der Waals surface area contributed by atoms with Crippen molar-refractivity contribution in [3.05, 3.63) is 30.1 Å². The zero-order valence-electron chi connectivity index (χ0n) is 14.1. The second-order valence-electron chi connectivity index (χ2n) is 7.26. The number of benzene rings is 1. The summed E-state index contributed by atoms with van der Waals surface area (Å²) < 4.78 is 5.85. The summed E-state index contributed by atoms with van der Waals surface area (Å²) in [6.07, 6.45) is 3.82. The van der Waals surface area contributed by atoms with Crippen molar-refractivity contribution in [1.29, 1.82) is 0 Å². The minimum absolute atomic E-state index is 0.0667. The molecule has 0 bridgehead atoms. The Labute approximate surface area is 141 Å². The monoisotopic (exact) mass is 328 g/mol. The van der Waals surface area contributed by atoms with Crippen LogP contribution in [0.25, 0.3) is 11.0 Å². The van der Waals surface area contributed by atoms with Crippen LogP contribution in [0.4, 0.5) is 0 Å². The smallest absolute Gasteiger partial charge is 0.253 e. The first-order valence-corrected chi connectivity index (χ1v) is 8.64. The number of fused-ring (bicyclic) bond motifs is 1. The third-order valence-electron chi connectivity index (χ3n) is 5.25. The highest BCUT2D eigenvalue weighted by molar-refractivity contribution is 5.97. The number of amides is 1. The number of hydrogen-bond acceptors (Lipinski definition) is 4. The number of rotatable bonds is 1. The van der Waals surface area contributed by atoms with E-state index in [9.17, 15) is 4.79 Å². The van der Waals surface area contributed by atoms with Gasteiger partial charge in [-0.25, -0.2) is 4.98 Å². The molecule has 2 fully saturated rings. The lowest BCUT2D eigenvalue weighted by molar-refractivity contribution is 0.00861. The number of imidazole rings is 1. The maximum absolute atomic E-state index is 13.0. The maximum atomic E-state index is 13.0. The minimum atomic E-state index is 0.0667. The number of ether oxygens (including phenoxy) is 1. The molecule has 2 aliphatic heterocycles. The number of aromatic amines is 1. The first-order chi connectivity index (χ1) is 11.7. The molecular formula is C18H24N4O2.